The second kappa shape index (κ2) is 7.11. The van der Waals surface area contributed by atoms with E-state index in [9.17, 15) is 0 Å². The Hall–Kier alpha value is -2.03. The predicted octanol–water partition coefficient (Wildman–Crippen LogP) is 4.18. The molecule has 0 atom stereocenters. The standard InChI is InChI=1S/C9H13NO.C9H11N/c1-7(2)8-4-5-10-6-9(8)11-3;1-7-3-2-4-8-5-6-10-9(7)8/h4-7H,1-3H3;2-4,10H,5-6H2,1H3. The maximum Gasteiger partial charge on any atom is 0.140 e. The number of nitrogens with zero attached hydrogens (tertiary/aromatic N) is 1. The lowest BCUT2D eigenvalue weighted by atomic mass is 10.0. The highest BCUT2D eigenvalue weighted by molar-refractivity contribution is 5.60. The third-order valence-corrected chi connectivity index (χ3v) is 3.71. The second-order valence-electron chi connectivity index (χ2n) is 5.56. The van der Waals surface area contributed by atoms with Gasteiger partial charge >= 0.3 is 0 Å². The number of fused-ring (bicyclic) bond motifs is 1. The van der Waals surface area contributed by atoms with Crippen molar-refractivity contribution < 1.29 is 4.74 Å². The van der Waals surface area contributed by atoms with Crippen LogP contribution < -0.4 is 10.1 Å². The molecule has 3 nitrogen and oxygen atoms in total. The summed E-state index contributed by atoms with van der Waals surface area (Å²) in [6, 6.07) is 8.46. The van der Waals surface area contributed by atoms with E-state index in [4.69, 9.17) is 4.74 Å². The second-order valence-corrected chi connectivity index (χ2v) is 5.56. The molecule has 112 valence electrons. The van der Waals surface area contributed by atoms with Crippen molar-refractivity contribution in [2.45, 2.75) is 33.1 Å². The van der Waals surface area contributed by atoms with Crippen molar-refractivity contribution in [1.29, 1.82) is 0 Å². The van der Waals surface area contributed by atoms with Gasteiger partial charge in [-0.25, -0.2) is 0 Å². The Labute approximate surface area is 127 Å². The molecule has 2 aromatic rings. The minimum absolute atomic E-state index is 0.493. The van der Waals surface area contributed by atoms with Gasteiger partial charge in [0.25, 0.3) is 0 Å². The number of hydrogen-bond acceptors (Lipinski definition) is 3. The Bertz CT molecular complexity index is 594. The minimum atomic E-state index is 0.493. The summed E-state index contributed by atoms with van der Waals surface area (Å²) in [4.78, 5) is 3.97. The van der Waals surface area contributed by atoms with Crippen LogP contribution in [0.4, 0.5) is 5.69 Å². The van der Waals surface area contributed by atoms with Crippen LogP contribution in [0, 0.1) is 6.92 Å². The molecule has 0 bridgehead atoms. The van der Waals surface area contributed by atoms with Gasteiger partial charge in [-0.3, -0.25) is 4.98 Å². The Morgan fingerprint density at radius 1 is 1.24 bits per heavy atom. The van der Waals surface area contributed by atoms with Crippen molar-refractivity contribution in [2.75, 3.05) is 19.0 Å². The average Bonchev–Trinajstić information content (AvgIpc) is 2.98. The van der Waals surface area contributed by atoms with Gasteiger partial charge in [-0.05, 0) is 42.0 Å². The third-order valence-electron chi connectivity index (χ3n) is 3.71. The molecule has 21 heavy (non-hydrogen) atoms. The first-order valence-electron chi connectivity index (χ1n) is 7.43. The topological polar surface area (TPSA) is 34.1 Å². The summed E-state index contributed by atoms with van der Waals surface area (Å²) in [5.74, 6) is 1.37. The summed E-state index contributed by atoms with van der Waals surface area (Å²) in [6.07, 6.45) is 4.73. The Morgan fingerprint density at radius 3 is 2.67 bits per heavy atom. The molecule has 1 N–H and O–H groups in total. The zero-order valence-electron chi connectivity index (χ0n) is 13.3. The number of rotatable bonds is 2. The summed E-state index contributed by atoms with van der Waals surface area (Å²) in [5.41, 5.74) is 5.42. The summed E-state index contributed by atoms with van der Waals surface area (Å²) in [7, 11) is 1.67. The van der Waals surface area contributed by atoms with Gasteiger partial charge in [-0.1, -0.05) is 32.0 Å². The first-order chi connectivity index (χ1) is 10.1. The smallest absolute Gasteiger partial charge is 0.140 e. The van der Waals surface area contributed by atoms with E-state index in [0.29, 0.717) is 5.92 Å². The van der Waals surface area contributed by atoms with E-state index in [-0.39, 0.29) is 0 Å². The number of benzene rings is 1. The number of aryl methyl sites for hydroxylation is 1. The van der Waals surface area contributed by atoms with Crippen LogP contribution >= 0.6 is 0 Å². The molecule has 1 aliphatic rings. The van der Waals surface area contributed by atoms with Gasteiger partial charge in [0, 0.05) is 18.4 Å². The van der Waals surface area contributed by atoms with E-state index < -0.39 is 0 Å². The van der Waals surface area contributed by atoms with Crippen LogP contribution in [0.2, 0.25) is 0 Å². The molecule has 0 fully saturated rings. The molecule has 3 heteroatoms. The molecule has 0 saturated carbocycles. The summed E-state index contributed by atoms with van der Waals surface area (Å²) in [6.45, 7) is 7.53. The molecular formula is C18H24N2O. The summed E-state index contributed by atoms with van der Waals surface area (Å²) >= 11 is 0. The van der Waals surface area contributed by atoms with Gasteiger partial charge in [0.15, 0.2) is 0 Å². The quantitative estimate of drug-likeness (QED) is 0.898. The monoisotopic (exact) mass is 284 g/mol. The molecule has 0 spiro atoms. The lowest BCUT2D eigenvalue weighted by molar-refractivity contribution is 0.405. The summed E-state index contributed by atoms with van der Waals surface area (Å²) in [5, 5.41) is 3.37. The largest absolute Gasteiger partial charge is 0.495 e. The maximum absolute atomic E-state index is 5.14. The van der Waals surface area contributed by atoms with Crippen LogP contribution in [0.3, 0.4) is 0 Å². The van der Waals surface area contributed by atoms with Crippen molar-refractivity contribution >= 4 is 5.69 Å². The van der Waals surface area contributed by atoms with E-state index in [1.54, 1.807) is 19.5 Å². The van der Waals surface area contributed by atoms with Gasteiger partial charge in [0.2, 0.25) is 0 Å². The Morgan fingerprint density at radius 2 is 2.05 bits per heavy atom. The number of pyridine rings is 1. The van der Waals surface area contributed by atoms with Crippen molar-refractivity contribution in [1.82, 2.24) is 4.98 Å². The van der Waals surface area contributed by atoms with Gasteiger partial charge in [-0.2, -0.15) is 0 Å². The van der Waals surface area contributed by atoms with Crippen LogP contribution in [-0.2, 0) is 6.42 Å². The third kappa shape index (κ3) is 3.75. The number of nitrogens with one attached hydrogen (secondary N) is 1. The van der Waals surface area contributed by atoms with Crippen molar-refractivity contribution in [2.24, 2.45) is 0 Å². The molecule has 0 unspecified atom stereocenters. The van der Waals surface area contributed by atoms with Crippen LogP contribution in [0.1, 0.15) is 36.5 Å². The Balaban J connectivity index is 0.000000154. The molecule has 1 aromatic heterocycles. The van der Waals surface area contributed by atoms with Gasteiger partial charge in [0.05, 0.1) is 13.3 Å². The molecule has 2 heterocycles. The molecular weight excluding hydrogens is 260 g/mol. The highest BCUT2D eigenvalue weighted by atomic mass is 16.5. The first-order valence-corrected chi connectivity index (χ1v) is 7.43. The number of ether oxygens (including phenoxy) is 1. The molecule has 0 aliphatic carbocycles. The van der Waals surface area contributed by atoms with E-state index in [1.165, 1.54) is 28.8 Å². The predicted molar refractivity (Wildman–Crippen MR) is 88.3 cm³/mol. The molecule has 0 amide bonds. The molecule has 1 aromatic carbocycles. The first kappa shape index (κ1) is 15.4. The van der Waals surface area contributed by atoms with Gasteiger partial charge in [-0.15, -0.1) is 0 Å². The number of aromatic nitrogens is 1. The van der Waals surface area contributed by atoms with Crippen molar-refractivity contribution in [3.8, 4) is 5.75 Å². The van der Waals surface area contributed by atoms with E-state index in [2.05, 4.69) is 49.3 Å². The highest BCUT2D eigenvalue weighted by Crippen LogP contribution is 2.25. The minimum Gasteiger partial charge on any atom is -0.495 e. The molecule has 0 radical (unpaired) electrons. The van der Waals surface area contributed by atoms with Crippen LogP contribution in [0.25, 0.3) is 0 Å². The normalized spacial score (nSPS) is 12.2. The fourth-order valence-corrected chi connectivity index (χ4v) is 2.55. The number of hydrogen-bond donors (Lipinski definition) is 1. The van der Waals surface area contributed by atoms with Crippen molar-refractivity contribution in [3.63, 3.8) is 0 Å². The summed E-state index contributed by atoms with van der Waals surface area (Å²) < 4.78 is 5.14. The average molecular weight is 284 g/mol. The SMILES string of the molecule is COc1cnccc1C(C)C.Cc1cccc2c1NCC2. The van der Waals surface area contributed by atoms with E-state index in [0.717, 1.165) is 12.3 Å². The number of anilines is 1. The number of para-hydroxylation sites is 1. The zero-order chi connectivity index (χ0) is 15.2. The molecule has 1 aliphatic heterocycles. The van der Waals surface area contributed by atoms with Gasteiger partial charge < -0.3 is 10.1 Å². The fourth-order valence-electron chi connectivity index (χ4n) is 2.55. The van der Waals surface area contributed by atoms with Crippen LogP contribution in [0.5, 0.6) is 5.75 Å². The fraction of sp³-hybridized carbons (Fsp3) is 0.389. The lowest BCUT2D eigenvalue weighted by Crippen LogP contribution is -1.94. The highest BCUT2D eigenvalue weighted by Gasteiger charge is 2.09. The Kier molecular flexibility index (Phi) is 5.20. The van der Waals surface area contributed by atoms with E-state index in [1.807, 2.05) is 6.07 Å². The maximum atomic E-state index is 5.14. The lowest BCUT2D eigenvalue weighted by Gasteiger charge is -2.09. The van der Waals surface area contributed by atoms with Crippen LogP contribution in [0.15, 0.2) is 36.7 Å². The molecule has 0 saturated heterocycles. The van der Waals surface area contributed by atoms with Crippen LogP contribution in [-0.4, -0.2) is 18.6 Å². The van der Waals surface area contributed by atoms with Gasteiger partial charge in [0.1, 0.15) is 5.75 Å². The zero-order valence-corrected chi connectivity index (χ0v) is 13.3. The van der Waals surface area contributed by atoms with E-state index >= 15 is 0 Å². The molecule has 3 rings (SSSR count). The van der Waals surface area contributed by atoms with Crippen molar-refractivity contribution in [3.05, 3.63) is 53.3 Å². The number of methoxy groups -OCH3 is 1.